The molecule has 1 atom stereocenters. The molecule has 1 aromatic carbocycles. The SMILES string of the molecule is CC1=CC(Oc2c(Cl)cccc2Cl)OC1=O. The Bertz CT molecular complexity index is 448. The normalized spacial score (nSPS) is 19.3. The Morgan fingerprint density at radius 1 is 1.31 bits per heavy atom. The number of esters is 1. The summed E-state index contributed by atoms with van der Waals surface area (Å²) in [6.45, 7) is 1.65. The number of para-hydroxylation sites is 1. The van der Waals surface area contributed by atoms with Crippen molar-refractivity contribution in [2.24, 2.45) is 0 Å². The quantitative estimate of drug-likeness (QED) is 0.765. The van der Waals surface area contributed by atoms with Crippen molar-refractivity contribution in [2.45, 2.75) is 13.2 Å². The van der Waals surface area contributed by atoms with E-state index in [1.807, 2.05) is 0 Å². The molecule has 0 bridgehead atoms. The van der Waals surface area contributed by atoms with Crippen molar-refractivity contribution in [3.05, 3.63) is 39.9 Å². The van der Waals surface area contributed by atoms with Crippen LogP contribution in [0, 0.1) is 0 Å². The number of carbonyl (C=O) groups is 1. The molecule has 0 spiro atoms. The van der Waals surface area contributed by atoms with Gasteiger partial charge in [0.25, 0.3) is 6.29 Å². The van der Waals surface area contributed by atoms with E-state index < -0.39 is 12.3 Å². The third-order valence-electron chi connectivity index (χ3n) is 2.08. The second-order valence-electron chi connectivity index (χ2n) is 3.29. The van der Waals surface area contributed by atoms with Crippen LogP contribution in [0.4, 0.5) is 0 Å². The molecule has 0 amide bonds. The van der Waals surface area contributed by atoms with Gasteiger partial charge in [0, 0.05) is 11.6 Å². The van der Waals surface area contributed by atoms with Crippen LogP contribution in [0.1, 0.15) is 6.92 Å². The summed E-state index contributed by atoms with van der Waals surface area (Å²) in [4.78, 5) is 11.1. The van der Waals surface area contributed by atoms with Crippen LogP contribution in [0.5, 0.6) is 5.75 Å². The third kappa shape index (κ3) is 2.15. The van der Waals surface area contributed by atoms with Crippen LogP contribution in [-0.4, -0.2) is 12.3 Å². The van der Waals surface area contributed by atoms with E-state index in [9.17, 15) is 4.79 Å². The van der Waals surface area contributed by atoms with E-state index in [1.165, 1.54) is 0 Å². The summed E-state index contributed by atoms with van der Waals surface area (Å²) in [5, 5.41) is 0.753. The smallest absolute Gasteiger partial charge is 0.336 e. The minimum atomic E-state index is -0.759. The van der Waals surface area contributed by atoms with Crippen LogP contribution in [0.15, 0.2) is 29.8 Å². The van der Waals surface area contributed by atoms with Crippen molar-refractivity contribution in [1.29, 1.82) is 0 Å². The minimum Gasteiger partial charge on any atom is -0.448 e. The van der Waals surface area contributed by atoms with Crippen molar-refractivity contribution in [3.8, 4) is 5.75 Å². The van der Waals surface area contributed by atoms with E-state index in [2.05, 4.69) is 0 Å². The molecule has 84 valence electrons. The van der Waals surface area contributed by atoms with Gasteiger partial charge in [-0.05, 0) is 19.1 Å². The van der Waals surface area contributed by atoms with E-state index in [4.69, 9.17) is 32.7 Å². The zero-order chi connectivity index (χ0) is 11.7. The van der Waals surface area contributed by atoms with Gasteiger partial charge in [0.15, 0.2) is 5.75 Å². The van der Waals surface area contributed by atoms with E-state index in [-0.39, 0.29) is 0 Å². The Kier molecular flexibility index (Phi) is 3.08. The third-order valence-corrected chi connectivity index (χ3v) is 2.68. The highest BCUT2D eigenvalue weighted by Gasteiger charge is 2.24. The fraction of sp³-hybridized carbons (Fsp3) is 0.182. The zero-order valence-electron chi connectivity index (χ0n) is 8.37. The van der Waals surface area contributed by atoms with Crippen molar-refractivity contribution < 1.29 is 14.3 Å². The molecule has 16 heavy (non-hydrogen) atoms. The first-order chi connectivity index (χ1) is 7.58. The van der Waals surface area contributed by atoms with E-state index >= 15 is 0 Å². The second-order valence-corrected chi connectivity index (χ2v) is 4.11. The average molecular weight is 259 g/mol. The largest absolute Gasteiger partial charge is 0.448 e. The van der Waals surface area contributed by atoms with Gasteiger partial charge in [-0.25, -0.2) is 4.79 Å². The maximum Gasteiger partial charge on any atom is 0.336 e. The first-order valence-electron chi connectivity index (χ1n) is 4.58. The van der Waals surface area contributed by atoms with Gasteiger partial charge < -0.3 is 9.47 Å². The number of benzene rings is 1. The molecule has 0 aliphatic carbocycles. The maximum absolute atomic E-state index is 11.1. The number of carbonyl (C=O) groups excluding carboxylic acids is 1. The molecule has 1 aliphatic heterocycles. The molecule has 0 saturated carbocycles. The van der Waals surface area contributed by atoms with Gasteiger partial charge in [0.05, 0.1) is 10.0 Å². The highest BCUT2D eigenvalue weighted by molar-refractivity contribution is 6.37. The highest BCUT2D eigenvalue weighted by atomic mass is 35.5. The molecule has 0 N–H and O–H groups in total. The van der Waals surface area contributed by atoms with Crippen LogP contribution < -0.4 is 4.74 Å². The number of hydrogen-bond acceptors (Lipinski definition) is 3. The molecule has 0 aromatic heterocycles. The lowest BCUT2D eigenvalue weighted by Crippen LogP contribution is -2.16. The molecule has 0 radical (unpaired) electrons. The number of rotatable bonds is 2. The number of halogens is 2. The van der Waals surface area contributed by atoms with Crippen LogP contribution in [0.3, 0.4) is 0 Å². The van der Waals surface area contributed by atoms with Crippen LogP contribution >= 0.6 is 23.2 Å². The Labute approximate surface area is 103 Å². The van der Waals surface area contributed by atoms with Crippen LogP contribution in [0.25, 0.3) is 0 Å². The first-order valence-corrected chi connectivity index (χ1v) is 5.33. The van der Waals surface area contributed by atoms with Gasteiger partial charge in [-0.1, -0.05) is 29.3 Å². The molecular weight excluding hydrogens is 251 g/mol. The Balaban J connectivity index is 2.20. The summed E-state index contributed by atoms with van der Waals surface area (Å²) in [5.74, 6) is -0.0808. The molecule has 0 saturated heterocycles. The fourth-order valence-corrected chi connectivity index (χ4v) is 1.76. The summed E-state index contributed by atoms with van der Waals surface area (Å²) < 4.78 is 10.3. The lowest BCUT2D eigenvalue weighted by atomic mass is 10.3. The van der Waals surface area contributed by atoms with Crippen molar-refractivity contribution >= 4 is 29.2 Å². The Hall–Kier alpha value is -1.19. The predicted molar refractivity (Wildman–Crippen MR) is 60.7 cm³/mol. The number of cyclic esters (lactones) is 1. The van der Waals surface area contributed by atoms with Gasteiger partial charge >= 0.3 is 5.97 Å². The van der Waals surface area contributed by atoms with Gasteiger partial charge in [-0.3, -0.25) is 0 Å². The Morgan fingerprint density at radius 2 is 1.94 bits per heavy atom. The van der Waals surface area contributed by atoms with Gasteiger partial charge in [-0.15, -0.1) is 0 Å². The van der Waals surface area contributed by atoms with Crippen LogP contribution in [0.2, 0.25) is 10.0 Å². The summed E-state index contributed by atoms with van der Waals surface area (Å²) in [6, 6.07) is 5.01. The van der Waals surface area contributed by atoms with Gasteiger partial charge in [0.2, 0.25) is 0 Å². The second kappa shape index (κ2) is 4.36. The van der Waals surface area contributed by atoms with Gasteiger partial charge in [-0.2, -0.15) is 0 Å². The fourth-order valence-electron chi connectivity index (χ4n) is 1.27. The topological polar surface area (TPSA) is 35.5 Å². The average Bonchev–Trinajstić information content (AvgIpc) is 2.53. The lowest BCUT2D eigenvalue weighted by Gasteiger charge is -2.13. The summed E-state index contributed by atoms with van der Waals surface area (Å²) in [5.41, 5.74) is 0.508. The van der Waals surface area contributed by atoms with E-state index in [1.54, 1.807) is 31.2 Å². The molecule has 1 aromatic rings. The summed E-state index contributed by atoms with van der Waals surface area (Å²) in [7, 11) is 0. The van der Waals surface area contributed by atoms with Crippen LogP contribution in [-0.2, 0) is 9.53 Å². The molecule has 1 heterocycles. The lowest BCUT2D eigenvalue weighted by molar-refractivity contribution is -0.148. The molecule has 3 nitrogen and oxygen atoms in total. The molecule has 1 aliphatic rings. The molecule has 0 fully saturated rings. The zero-order valence-corrected chi connectivity index (χ0v) is 9.88. The highest BCUT2D eigenvalue weighted by Crippen LogP contribution is 2.34. The molecular formula is C11H8Cl2O3. The Morgan fingerprint density at radius 3 is 2.44 bits per heavy atom. The molecule has 5 heteroatoms. The standard InChI is InChI=1S/C11H8Cl2O3/c1-6-5-9(16-11(6)14)15-10-7(12)3-2-4-8(10)13/h2-5,9H,1H3. The number of ether oxygens (including phenoxy) is 2. The first kappa shape index (κ1) is 11.3. The van der Waals surface area contributed by atoms with E-state index in [0.717, 1.165) is 0 Å². The minimum absolute atomic E-state index is 0.314. The number of hydrogen-bond donors (Lipinski definition) is 0. The summed E-state index contributed by atoms with van der Waals surface area (Å²) >= 11 is 11.8. The van der Waals surface area contributed by atoms with Crippen molar-refractivity contribution in [1.82, 2.24) is 0 Å². The van der Waals surface area contributed by atoms with Gasteiger partial charge in [0.1, 0.15) is 0 Å². The van der Waals surface area contributed by atoms with E-state index in [0.29, 0.717) is 21.4 Å². The molecule has 1 unspecified atom stereocenters. The molecule has 2 rings (SSSR count). The predicted octanol–water partition coefficient (Wildman–Crippen LogP) is 3.20. The van der Waals surface area contributed by atoms with Crippen molar-refractivity contribution in [3.63, 3.8) is 0 Å². The summed E-state index contributed by atoms with van der Waals surface area (Å²) in [6.07, 6.45) is 0.812. The maximum atomic E-state index is 11.1. The van der Waals surface area contributed by atoms with Crippen molar-refractivity contribution in [2.75, 3.05) is 0 Å². The monoisotopic (exact) mass is 258 g/mol.